The van der Waals surface area contributed by atoms with E-state index >= 15 is 0 Å². The minimum Gasteiger partial charge on any atom is -0.489 e. The van der Waals surface area contributed by atoms with Crippen LogP contribution in [0.25, 0.3) is 0 Å². The Hall–Kier alpha value is -2.83. The molecule has 0 radical (unpaired) electrons. The van der Waals surface area contributed by atoms with E-state index in [1.165, 1.54) is 9.80 Å². The number of halogens is 2. The number of nitrogens with zero attached hydrogens (tertiary/aromatic N) is 2. The Labute approximate surface area is 144 Å². The third-order valence-electron chi connectivity index (χ3n) is 4.11. The molecule has 2 aromatic carbocycles. The van der Waals surface area contributed by atoms with Gasteiger partial charge in [0.1, 0.15) is 18.0 Å². The minimum absolute atomic E-state index is 0.117. The van der Waals surface area contributed by atoms with E-state index in [2.05, 4.69) is 0 Å². The van der Waals surface area contributed by atoms with E-state index in [0.717, 1.165) is 17.7 Å². The predicted octanol–water partition coefficient (Wildman–Crippen LogP) is 3.34. The molecule has 5 nitrogen and oxygen atoms in total. The van der Waals surface area contributed by atoms with Crippen molar-refractivity contribution < 1.29 is 23.4 Å². The molecule has 0 aliphatic carbocycles. The van der Waals surface area contributed by atoms with Crippen molar-refractivity contribution in [3.63, 3.8) is 0 Å². The van der Waals surface area contributed by atoms with E-state index in [-0.39, 0.29) is 44.2 Å². The molecular formula is C18H18F2N2O3. The van der Waals surface area contributed by atoms with E-state index in [9.17, 15) is 13.6 Å². The first-order valence-electron chi connectivity index (χ1n) is 7.93. The zero-order chi connectivity index (χ0) is 17.8. The number of carbonyl (C=O) groups is 1. The van der Waals surface area contributed by atoms with Gasteiger partial charge in [0, 0.05) is 38.3 Å². The first kappa shape index (κ1) is 17.0. The lowest BCUT2D eigenvalue weighted by atomic mass is 10.2. The van der Waals surface area contributed by atoms with Gasteiger partial charge in [-0.2, -0.15) is 0 Å². The summed E-state index contributed by atoms with van der Waals surface area (Å²) in [4.78, 5) is 13.7. The van der Waals surface area contributed by atoms with E-state index in [0.29, 0.717) is 0 Å². The summed E-state index contributed by atoms with van der Waals surface area (Å²) in [5.41, 5.74) is 0.759. The molecule has 25 heavy (non-hydrogen) atoms. The van der Waals surface area contributed by atoms with Crippen molar-refractivity contribution in [2.75, 3.05) is 31.1 Å². The van der Waals surface area contributed by atoms with Crippen molar-refractivity contribution in [1.82, 2.24) is 4.90 Å². The Kier molecular flexibility index (Phi) is 5.02. The second-order valence-electron chi connectivity index (χ2n) is 5.77. The normalized spacial score (nSPS) is 14.5. The van der Waals surface area contributed by atoms with Crippen LogP contribution in [0.3, 0.4) is 0 Å². The number of benzene rings is 2. The van der Waals surface area contributed by atoms with Gasteiger partial charge in [0.15, 0.2) is 11.6 Å². The van der Waals surface area contributed by atoms with Crippen LogP contribution in [0.2, 0.25) is 0 Å². The summed E-state index contributed by atoms with van der Waals surface area (Å²) in [5.74, 6) is -1.31. The number of hydrogen-bond acceptors (Lipinski definition) is 3. The third kappa shape index (κ3) is 3.99. The molecule has 1 heterocycles. The SMILES string of the molecule is O=C(O)N1CCN(c2c(F)cc(OCc3ccccc3)cc2F)CC1. The van der Waals surface area contributed by atoms with Crippen LogP contribution in [0.15, 0.2) is 42.5 Å². The van der Waals surface area contributed by atoms with Crippen LogP contribution >= 0.6 is 0 Å². The number of rotatable bonds is 4. The second kappa shape index (κ2) is 7.38. The number of hydrogen-bond donors (Lipinski definition) is 1. The number of anilines is 1. The molecule has 0 spiro atoms. The summed E-state index contributed by atoms with van der Waals surface area (Å²) < 4.78 is 34.2. The Morgan fingerprint density at radius 3 is 2.20 bits per heavy atom. The van der Waals surface area contributed by atoms with Gasteiger partial charge in [0.05, 0.1) is 0 Å². The molecule has 1 fully saturated rings. The summed E-state index contributed by atoms with van der Waals surface area (Å²) in [7, 11) is 0. The number of carboxylic acid groups (broad SMARTS) is 1. The highest BCUT2D eigenvalue weighted by Gasteiger charge is 2.25. The van der Waals surface area contributed by atoms with Crippen molar-refractivity contribution in [2.24, 2.45) is 0 Å². The molecule has 1 aliphatic heterocycles. The topological polar surface area (TPSA) is 53.0 Å². The lowest BCUT2D eigenvalue weighted by Gasteiger charge is -2.34. The van der Waals surface area contributed by atoms with Crippen molar-refractivity contribution in [3.05, 3.63) is 59.7 Å². The monoisotopic (exact) mass is 348 g/mol. The maximum absolute atomic E-state index is 14.4. The van der Waals surface area contributed by atoms with Crippen LogP contribution in [-0.4, -0.2) is 42.3 Å². The number of ether oxygens (including phenoxy) is 1. The molecular weight excluding hydrogens is 330 g/mol. The third-order valence-corrected chi connectivity index (χ3v) is 4.11. The minimum atomic E-state index is -1.02. The van der Waals surface area contributed by atoms with Gasteiger partial charge >= 0.3 is 6.09 Å². The fourth-order valence-corrected chi connectivity index (χ4v) is 2.79. The standard InChI is InChI=1S/C18H18F2N2O3/c19-15-10-14(25-12-13-4-2-1-3-5-13)11-16(20)17(15)21-6-8-22(9-7-21)18(23)24/h1-5,10-11H,6-9,12H2,(H,23,24). The van der Waals surface area contributed by atoms with Crippen molar-refractivity contribution >= 4 is 11.8 Å². The fourth-order valence-electron chi connectivity index (χ4n) is 2.79. The van der Waals surface area contributed by atoms with Crippen molar-refractivity contribution in [1.29, 1.82) is 0 Å². The van der Waals surface area contributed by atoms with Crippen LogP contribution in [0.5, 0.6) is 5.75 Å². The van der Waals surface area contributed by atoms with Crippen LogP contribution < -0.4 is 9.64 Å². The van der Waals surface area contributed by atoms with Gasteiger partial charge < -0.3 is 19.6 Å². The maximum Gasteiger partial charge on any atom is 0.407 e. The molecule has 0 saturated carbocycles. The Morgan fingerprint density at radius 2 is 1.64 bits per heavy atom. The van der Waals surface area contributed by atoms with Gasteiger partial charge in [0.25, 0.3) is 0 Å². The second-order valence-corrected chi connectivity index (χ2v) is 5.77. The summed E-state index contributed by atoms with van der Waals surface area (Å²) in [6, 6.07) is 11.6. The highest BCUT2D eigenvalue weighted by Crippen LogP contribution is 2.29. The maximum atomic E-state index is 14.4. The Balaban J connectivity index is 1.69. The summed E-state index contributed by atoms with van der Waals surface area (Å²) in [6.45, 7) is 1.12. The van der Waals surface area contributed by atoms with E-state index in [1.54, 1.807) is 0 Å². The first-order chi connectivity index (χ1) is 12.0. The molecule has 7 heteroatoms. The Bertz CT molecular complexity index is 724. The molecule has 132 valence electrons. The summed E-state index contributed by atoms with van der Waals surface area (Å²) >= 11 is 0. The lowest BCUT2D eigenvalue weighted by molar-refractivity contribution is 0.142. The average molecular weight is 348 g/mol. The van der Waals surface area contributed by atoms with E-state index in [1.807, 2.05) is 30.3 Å². The van der Waals surface area contributed by atoms with Gasteiger partial charge in [-0.25, -0.2) is 13.6 Å². The van der Waals surface area contributed by atoms with Crippen LogP contribution in [0, 0.1) is 11.6 Å². The molecule has 0 bridgehead atoms. The van der Waals surface area contributed by atoms with Gasteiger partial charge in [0.2, 0.25) is 0 Å². The fraction of sp³-hybridized carbons (Fsp3) is 0.278. The molecule has 1 aliphatic rings. The van der Waals surface area contributed by atoms with Crippen LogP contribution in [-0.2, 0) is 6.61 Å². The largest absolute Gasteiger partial charge is 0.489 e. The quantitative estimate of drug-likeness (QED) is 0.921. The lowest BCUT2D eigenvalue weighted by Crippen LogP contribution is -2.48. The van der Waals surface area contributed by atoms with Gasteiger partial charge in [-0.1, -0.05) is 30.3 Å². The Morgan fingerprint density at radius 1 is 1.04 bits per heavy atom. The van der Waals surface area contributed by atoms with Crippen molar-refractivity contribution in [3.8, 4) is 5.75 Å². The van der Waals surface area contributed by atoms with Crippen molar-refractivity contribution in [2.45, 2.75) is 6.61 Å². The highest BCUT2D eigenvalue weighted by molar-refractivity contribution is 5.65. The van der Waals surface area contributed by atoms with E-state index < -0.39 is 17.7 Å². The molecule has 1 saturated heterocycles. The molecule has 0 unspecified atom stereocenters. The highest BCUT2D eigenvalue weighted by atomic mass is 19.1. The van der Waals surface area contributed by atoms with Gasteiger partial charge in [-0.3, -0.25) is 0 Å². The zero-order valence-corrected chi connectivity index (χ0v) is 13.5. The zero-order valence-electron chi connectivity index (χ0n) is 13.5. The molecule has 2 aromatic rings. The molecule has 0 aromatic heterocycles. The predicted molar refractivity (Wildman–Crippen MR) is 88.9 cm³/mol. The molecule has 3 rings (SSSR count). The number of amides is 1. The van der Waals surface area contributed by atoms with Crippen LogP contribution in [0.4, 0.5) is 19.3 Å². The molecule has 1 amide bonds. The van der Waals surface area contributed by atoms with E-state index in [4.69, 9.17) is 9.84 Å². The molecule has 0 atom stereocenters. The summed E-state index contributed by atoms with van der Waals surface area (Å²) in [5, 5.41) is 8.94. The number of piperazine rings is 1. The smallest absolute Gasteiger partial charge is 0.407 e. The average Bonchev–Trinajstić information content (AvgIpc) is 2.61. The van der Waals surface area contributed by atoms with Gasteiger partial charge in [-0.15, -0.1) is 0 Å². The molecule has 1 N–H and O–H groups in total. The van der Waals surface area contributed by atoms with Crippen LogP contribution in [0.1, 0.15) is 5.56 Å². The first-order valence-corrected chi connectivity index (χ1v) is 7.93. The van der Waals surface area contributed by atoms with Gasteiger partial charge in [-0.05, 0) is 5.56 Å². The summed E-state index contributed by atoms with van der Waals surface area (Å²) in [6.07, 6.45) is -1.02.